The summed E-state index contributed by atoms with van der Waals surface area (Å²) >= 11 is 0. The Morgan fingerprint density at radius 3 is 2.54 bits per heavy atom. The average molecular weight is 480 g/mol. The normalized spacial score (nSPS) is 20.1. The number of aryl methyl sites for hydroxylation is 1. The molecule has 35 heavy (non-hydrogen) atoms. The number of piperazine rings is 1. The number of ether oxygens (including phenoxy) is 1. The summed E-state index contributed by atoms with van der Waals surface area (Å²) in [6.07, 6.45) is 2.94. The Morgan fingerprint density at radius 1 is 1.23 bits per heavy atom. The van der Waals surface area contributed by atoms with Gasteiger partial charge in [0.2, 0.25) is 5.91 Å². The molecule has 0 radical (unpaired) electrons. The van der Waals surface area contributed by atoms with E-state index in [1.165, 1.54) is 12.1 Å². The molecule has 1 unspecified atom stereocenters. The van der Waals surface area contributed by atoms with E-state index in [-0.39, 0.29) is 29.2 Å². The minimum atomic E-state index is -0.413. The molecule has 1 heterocycles. The van der Waals surface area contributed by atoms with Gasteiger partial charge in [0.15, 0.2) is 0 Å². The largest absolute Gasteiger partial charge is 0.484 e. The molecular formula is C28H34FN3O3. The predicted molar refractivity (Wildman–Crippen MR) is 134 cm³/mol. The lowest BCUT2D eigenvalue weighted by molar-refractivity contribution is -0.130. The molecule has 2 aliphatic rings. The summed E-state index contributed by atoms with van der Waals surface area (Å²) in [7, 11) is 0. The molecule has 1 aliphatic carbocycles. The zero-order chi connectivity index (χ0) is 25.2. The molecule has 4 rings (SSSR count). The average Bonchev–Trinajstić information content (AvgIpc) is 3.56. The van der Waals surface area contributed by atoms with Gasteiger partial charge in [-0.1, -0.05) is 18.7 Å². The summed E-state index contributed by atoms with van der Waals surface area (Å²) in [6, 6.07) is 12.3. The van der Waals surface area contributed by atoms with Crippen molar-refractivity contribution in [1.82, 2.24) is 15.1 Å². The summed E-state index contributed by atoms with van der Waals surface area (Å²) in [5.74, 6) is 0.185. The van der Waals surface area contributed by atoms with Crippen molar-refractivity contribution in [3.05, 3.63) is 77.6 Å². The molecule has 1 N–H and O–H groups in total. The molecule has 2 amide bonds. The highest BCUT2D eigenvalue weighted by atomic mass is 19.1. The van der Waals surface area contributed by atoms with Crippen LogP contribution < -0.4 is 10.1 Å². The van der Waals surface area contributed by atoms with Crippen LogP contribution in [0.2, 0.25) is 0 Å². The van der Waals surface area contributed by atoms with Crippen LogP contribution in [-0.2, 0) is 4.79 Å². The summed E-state index contributed by atoms with van der Waals surface area (Å²) in [4.78, 5) is 28.6. The molecule has 2 aromatic rings. The number of halogens is 1. The van der Waals surface area contributed by atoms with Crippen molar-refractivity contribution in [2.24, 2.45) is 0 Å². The van der Waals surface area contributed by atoms with Crippen molar-refractivity contribution in [1.29, 1.82) is 0 Å². The first-order chi connectivity index (χ1) is 16.7. The third-order valence-corrected chi connectivity index (χ3v) is 6.97. The number of rotatable bonds is 8. The molecule has 186 valence electrons. The number of hydrogen-bond donors (Lipinski definition) is 1. The van der Waals surface area contributed by atoms with E-state index in [1.54, 1.807) is 37.3 Å². The predicted octanol–water partition coefficient (Wildman–Crippen LogP) is 4.26. The van der Waals surface area contributed by atoms with Crippen LogP contribution in [0.1, 0.15) is 54.3 Å². The van der Waals surface area contributed by atoms with E-state index in [1.807, 2.05) is 24.8 Å². The second-order valence-corrected chi connectivity index (χ2v) is 10.00. The zero-order valence-electron chi connectivity index (χ0n) is 20.7. The lowest BCUT2D eigenvalue weighted by Crippen LogP contribution is -2.54. The fourth-order valence-electron chi connectivity index (χ4n) is 4.41. The second-order valence-electron chi connectivity index (χ2n) is 10.00. The smallest absolute Gasteiger partial charge is 0.251 e. The van der Waals surface area contributed by atoms with Crippen molar-refractivity contribution in [2.75, 3.05) is 26.2 Å². The van der Waals surface area contributed by atoms with Gasteiger partial charge in [-0.25, -0.2) is 4.39 Å². The van der Waals surface area contributed by atoms with Gasteiger partial charge in [0, 0.05) is 43.3 Å². The third-order valence-electron chi connectivity index (χ3n) is 6.97. The first-order valence-electron chi connectivity index (χ1n) is 12.2. The van der Waals surface area contributed by atoms with Gasteiger partial charge in [-0.3, -0.25) is 14.5 Å². The van der Waals surface area contributed by atoms with E-state index in [4.69, 9.17) is 4.74 Å². The molecule has 1 aliphatic heterocycles. The van der Waals surface area contributed by atoms with Gasteiger partial charge >= 0.3 is 0 Å². The second kappa shape index (κ2) is 10.2. The van der Waals surface area contributed by atoms with E-state index < -0.39 is 6.10 Å². The molecule has 2 atom stereocenters. The number of hydrogen-bond acceptors (Lipinski definition) is 4. The molecule has 1 saturated carbocycles. The van der Waals surface area contributed by atoms with Crippen LogP contribution in [0.25, 0.3) is 0 Å². The van der Waals surface area contributed by atoms with E-state index >= 15 is 0 Å². The van der Waals surface area contributed by atoms with Gasteiger partial charge in [-0.2, -0.15) is 0 Å². The van der Waals surface area contributed by atoms with Crippen LogP contribution in [0.15, 0.2) is 55.1 Å². The molecule has 0 aromatic heterocycles. The van der Waals surface area contributed by atoms with Crippen LogP contribution in [0.3, 0.4) is 0 Å². The Hall–Kier alpha value is -3.19. The Balaban J connectivity index is 1.48. The van der Waals surface area contributed by atoms with Crippen LogP contribution in [0.5, 0.6) is 5.75 Å². The fraction of sp³-hybridized carbons (Fsp3) is 0.429. The first kappa shape index (κ1) is 24.9. The Kier molecular flexibility index (Phi) is 7.26. The number of carbonyl (C=O) groups excluding carboxylic acids is 2. The molecule has 2 fully saturated rings. The Labute approximate surface area is 206 Å². The molecule has 2 aromatic carbocycles. The van der Waals surface area contributed by atoms with E-state index in [2.05, 4.69) is 16.8 Å². The van der Waals surface area contributed by atoms with Crippen molar-refractivity contribution in [2.45, 2.75) is 51.3 Å². The summed E-state index contributed by atoms with van der Waals surface area (Å²) in [5.41, 5.74) is 1.83. The number of amides is 2. The molecule has 0 bridgehead atoms. The number of nitrogens with zero attached hydrogens (tertiary/aromatic N) is 2. The minimum Gasteiger partial charge on any atom is -0.484 e. The lowest BCUT2D eigenvalue weighted by Gasteiger charge is -2.40. The lowest BCUT2D eigenvalue weighted by atomic mass is 10.0. The standard InChI is InChI=1S/C28H34FN3O3/c1-5-26(33)32-15-14-31(17-20(32)3)18-25(22-7-6-19(2)24(29)16-22)35-23-10-8-21(9-11-23)27(34)30-28(4)12-13-28/h5-11,16,20,25H,1,12-15,17-18H2,2-4H3,(H,30,34)/t20-,25?/m1/s1. The van der Waals surface area contributed by atoms with Crippen LogP contribution in [0, 0.1) is 12.7 Å². The maximum absolute atomic E-state index is 14.4. The van der Waals surface area contributed by atoms with E-state index in [9.17, 15) is 14.0 Å². The van der Waals surface area contributed by atoms with Gasteiger partial charge in [-0.15, -0.1) is 0 Å². The highest BCUT2D eigenvalue weighted by molar-refractivity contribution is 5.95. The zero-order valence-corrected chi connectivity index (χ0v) is 20.7. The summed E-state index contributed by atoms with van der Waals surface area (Å²) in [5, 5.41) is 3.06. The quantitative estimate of drug-likeness (QED) is 0.575. The molecular weight excluding hydrogens is 445 g/mol. The van der Waals surface area contributed by atoms with Gasteiger partial charge < -0.3 is 15.0 Å². The number of benzene rings is 2. The van der Waals surface area contributed by atoms with Gasteiger partial charge in [0.25, 0.3) is 5.91 Å². The first-order valence-corrected chi connectivity index (χ1v) is 12.2. The van der Waals surface area contributed by atoms with Crippen molar-refractivity contribution in [3.63, 3.8) is 0 Å². The maximum Gasteiger partial charge on any atom is 0.251 e. The van der Waals surface area contributed by atoms with Crippen molar-refractivity contribution < 1.29 is 18.7 Å². The topological polar surface area (TPSA) is 61.9 Å². The molecule has 0 spiro atoms. The third kappa shape index (κ3) is 6.09. The van der Waals surface area contributed by atoms with Crippen LogP contribution >= 0.6 is 0 Å². The van der Waals surface area contributed by atoms with Crippen LogP contribution in [-0.4, -0.2) is 59.4 Å². The van der Waals surface area contributed by atoms with E-state index in [0.29, 0.717) is 43.1 Å². The van der Waals surface area contributed by atoms with Crippen molar-refractivity contribution in [3.8, 4) is 5.75 Å². The van der Waals surface area contributed by atoms with Crippen molar-refractivity contribution >= 4 is 11.8 Å². The fourth-order valence-corrected chi connectivity index (χ4v) is 4.41. The highest BCUT2D eigenvalue weighted by Crippen LogP contribution is 2.34. The number of nitrogens with one attached hydrogen (secondary N) is 1. The van der Waals surface area contributed by atoms with Gasteiger partial charge in [-0.05, 0) is 81.1 Å². The molecule has 6 nitrogen and oxygen atoms in total. The minimum absolute atomic E-state index is 0.0378. The van der Waals surface area contributed by atoms with Crippen LogP contribution in [0.4, 0.5) is 4.39 Å². The Morgan fingerprint density at radius 2 is 1.94 bits per heavy atom. The Bertz CT molecular complexity index is 1100. The number of carbonyl (C=O) groups is 2. The maximum atomic E-state index is 14.4. The van der Waals surface area contributed by atoms with Gasteiger partial charge in [0.1, 0.15) is 17.7 Å². The van der Waals surface area contributed by atoms with Gasteiger partial charge in [0.05, 0.1) is 0 Å². The monoisotopic (exact) mass is 479 g/mol. The SMILES string of the molecule is C=CC(=O)N1CCN(CC(Oc2ccc(C(=O)NC3(C)CC3)cc2)c2ccc(C)c(F)c2)C[C@H]1C. The summed E-state index contributed by atoms with van der Waals surface area (Å²) in [6.45, 7) is 11.9. The molecule has 1 saturated heterocycles. The van der Waals surface area contributed by atoms with E-state index in [0.717, 1.165) is 18.4 Å². The molecule has 7 heteroatoms. The highest BCUT2D eigenvalue weighted by Gasteiger charge is 2.38. The summed E-state index contributed by atoms with van der Waals surface area (Å²) < 4.78 is 20.8.